The van der Waals surface area contributed by atoms with Crippen molar-refractivity contribution in [3.8, 4) is 5.75 Å². The summed E-state index contributed by atoms with van der Waals surface area (Å²) in [7, 11) is 0. The molecule has 0 saturated heterocycles. The summed E-state index contributed by atoms with van der Waals surface area (Å²) in [6, 6.07) is 4.67. The van der Waals surface area contributed by atoms with Gasteiger partial charge >= 0.3 is 12.0 Å². The number of carboxylic acid groups (broad SMARTS) is 1. The van der Waals surface area contributed by atoms with Crippen LogP contribution in [0.3, 0.4) is 0 Å². The molecule has 0 spiro atoms. The Morgan fingerprint density at radius 3 is 2.52 bits per heavy atom. The molecule has 1 rings (SSSR count). The summed E-state index contributed by atoms with van der Waals surface area (Å²) in [5.41, 5.74) is 0.717. The number of benzene rings is 1. The summed E-state index contributed by atoms with van der Waals surface area (Å²) in [5.74, 6) is -0.994. The first-order chi connectivity index (χ1) is 10.0. The molecule has 2 amide bonds. The van der Waals surface area contributed by atoms with Gasteiger partial charge in [-0.3, -0.25) is 0 Å². The highest BCUT2D eigenvalue weighted by molar-refractivity contribution is 5.82. The Hall–Kier alpha value is -2.50. The molecule has 0 radical (unpaired) electrons. The maximum atomic E-state index is 11.6. The molecule has 0 aliphatic heterocycles. The molecule has 1 aromatic rings. The molecule has 4 N–H and O–H groups in total. The molecule has 1 aromatic carbocycles. The summed E-state index contributed by atoms with van der Waals surface area (Å²) < 4.78 is 0. The molecular formula is C15H20N2O4. The maximum Gasteiger partial charge on any atom is 0.326 e. The number of aromatic hydroxyl groups is 1. The Balaban J connectivity index is 2.51. The van der Waals surface area contributed by atoms with Gasteiger partial charge in [0.2, 0.25) is 0 Å². The van der Waals surface area contributed by atoms with Gasteiger partial charge in [0.05, 0.1) is 0 Å². The Morgan fingerprint density at radius 2 is 1.95 bits per heavy atom. The van der Waals surface area contributed by atoms with E-state index in [1.807, 2.05) is 19.1 Å². The zero-order valence-corrected chi connectivity index (χ0v) is 11.9. The number of aliphatic carboxylic acids is 1. The van der Waals surface area contributed by atoms with Crippen molar-refractivity contribution >= 4 is 12.0 Å². The number of hydrogen-bond acceptors (Lipinski definition) is 3. The number of nitrogens with one attached hydrogen (secondary N) is 2. The fraction of sp³-hybridized carbons (Fsp3) is 0.333. The van der Waals surface area contributed by atoms with Crippen LogP contribution in [0.5, 0.6) is 5.75 Å². The van der Waals surface area contributed by atoms with E-state index in [0.717, 1.165) is 5.56 Å². The first-order valence-corrected chi connectivity index (χ1v) is 6.69. The number of rotatable bonds is 7. The maximum absolute atomic E-state index is 11.6. The molecule has 1 atom stereocenters. The molecule has 6 nitrogen and oxygen atoms in total. The van der Waals surface area contributed by atoms with Gasteiger partial charge in [0, 0.05) is 13.0 Å². The Bertz CT molecular complexity index is 497. The average molecular weight is 292 g/mol. The van der Waals surface area contributed by atoms with Gasteiger partial charge in [-0.05, 0) is 31.0 Å². The predicted octanol–water partition coefficient (Wildman–Crippen LogP) is 1.65. The molecule has 21 heavy (non-hydrogen) atoms. The summed E-state index contributed by atoms with van der Waals surface area (Å²) >= 11 is 0. The number of carboxylic acids is 1. The number of hydrogen-bond donors (Lipinski definition) is 4. The number of urea groups is 1. The highest BCUT2D eigenvalue weighted by atomic mass is 16.4. The van der Waals surface area contributed by atoms with E-state index in [1.165, 1.54) is 12.1 Å². The summed E-state index contributed by atoms with van der Waals surface area (Å²) in [5, 5.41) is 23.3. The molecule has 1 unspecified atom stereocenters. The fourth-order valence-corrected chi connectivity index (χ4v) is 1.71. The number of phenolic OH excluding ortho intramolecular Hbond substituents is 1. The second kappa shape index (κ2) is 8.63. The molecule has 0 aliphatic carbocycles. The predicted molar refractivity (Wildman–Crippen MR) is 79.2 cm³/mol. The molecule has 0 bridgehead atoms. The van der Waals surface area contributed by atoms with E-state index in [0.29, 0.717) is 13.0 Å². The monoisotopic (exact) mass is 292 g/mol. The van der Waals surface area contributed by atoms with Crippen molar-refractivity contribution in [2.24, 2.45) is 0 Å². The van der Waals surface area contributed by atoms with Crippen LogP contribution in [0.25, 0.3) is 0 Å². The lowest BCUT2D eigenvalue weighted by molar-refractivity contribution is -0.139. The van der Waals surface area contributed by atoms with Gasteiger partial charge in [-0.1, -0.05) is 24.3 Å². The van der Waals surface area contributed by atoms with Crippen LogP contribution in [-0.2, 0) is 11.2 Å². The average Bonchev–Trinajstić information content (AvgIpc) is 2.45. The van der Waals surface area contributed by atoms with Crippen LogP contribution >= 0.6 is 0 Å². The number of carbonyl (C=O) groups is 2. The quantitative estimate of drug-likeness (QED) is 0.453. The standard InChI is InChI=1S/C15H20N2O4/c1-2-3-4-9-16-15(21)17-13(14(19)20)10-11-5-7-12(18)8-6-11/h2-3,5-8,13,18H,4,9-10H2,1H3,(H,19,20)(H2,16,17,21)/b3-2+. The van der Waals surface area contributed by atoms with Crippen molar-refractivity contribution in [2.75, 3.05) is 6.54 Å². The van der Waals surface area contributed by atoms with Gasteiger partial charge < -0.3 is 20.8 Å². The second-order valence-electron chi connectivity index (χ2n) is 4.52. The Labute approximate surface area is 123 Å². The number of allylic oxidation sites excluding steroid dienone is 1. The van der Waals surface area contributed by atoms with Crippen molar-refractivity contribution in [2.45, 2.75) is 25.8 Å². The van der Waals surface area contributed by atoms with E-state index in [-0.39, 0.29) is 12.2 Å². The van der Waals surface area contributed by atoms with Crippen LogP contribution < -0.4 is 10.6 Å². The highest BCUT2D eigenvalue weighted by Gasteiger charge is 2.20. The highest BCUT2D eigenvalue weighted by Crippen LogP contribution is 2.11. The smallest absolute Gasteiger partial charge is 0.326 e. The zero-order chi connectivity index (χ0) is 15.7. The van der Waals surface area contributed by atoms with E-state index in [4.69, 9.17) is 5.11 Å². The normalized spacial score (nSPS) is 12.0. The lowest BCUT2D eigenvalue weighted by Crippen LogP contribution is -2.47. The number of carbonyl (C=O) groups excluding carboxylic acids is 1. The molecule has 0 aromatic heterocycles. The first-order valence-electron chi connectivity index (χ1n) is 6.69. The van der Waals surface area contributed by atoms with E-state index >= 15 is 0 Å². The van der Waals surface area contributed by atoms with Gasteiger partial charge in [-0.15, -0.1) is 0 Å². The van der Waals surface area contributed by atoms with Crippen molar-refractivity contribution < 1.29 is 19.8 Å². The minimum atomic E-state index is -1.10. The van der Waals surface area contributed by atoms with Crippen LogP contribution in [0.15, 0.2) is 36.4 Å². The van der Waals surface area contributed by atoms with Crippen LogP contribution in [-0.4, -0.2) is 34.8 Å². The molecule has 0 heterocycles. The van der Waals surface area contributed by atoms with Gasteiger partial charge in [0.1, 0.15) is 11.8 Å². The summed E-state index contributed by atoms with van der Waals surface area (Å²) in [6.45, 7) is 2.33. The van der Waals surface area contributed by atoms with E-state index in [2.05, 4.69) is 10.6 Å². The van der Waals surface area contributed by atoms with Gasteiger partial charge in [0.25, 0.3) is 0 Å². The third-order valence-electron chi connectivity index (χ3n) is 2.81. The molecule has 6 heteroatoms. The van der Waals surface area contributed by atoms with Crippen molar-refractivity contribution in [3.05, 3.63) is 42.0 Å². The Kier molecular flexibility index (Phi) is 6.80. The van der Waals surface area contributed by atoms with Crippen molar-refractivity contribution in [1.29, 1.82) is 0 Å². The number of phenols is 1. The Morgan fingerprint density at radius 1 is 1.29 bits per heavy atom. The molecule has 0 aliphatic rings. The second-order valence-corrected chi connectivity index (χ2v) is 4.52. The lowest BCUT2D eigenvalue weighted by atomic mass is 10.1. The summed E-state index contributed by atoms with van der Waals surface area (Å²) in [6.07, 6.45) is 4.63. The third-order valence-corrected chi connectivity index (χ3v) is 2.81. The number of amides is 2. The fourth-order valence-electron chi connectivity index (χ4n) is 1.71. The minimum absolute atomic E-state index is 0.111. The largest absolute Gasteiger partial charge is 0.508 e. The lowest BCUT2D eigenvalue weighted by Gasteiger charge is -2.15. The van der Waals surface area contributed by atoms with Gasteiger partial charge in [0.15, 0.2) is 0 Å². The van der Waals surface area contributed by atoms with E-state index in [1.54, 1.807) is 12.1 Å². The zero-order valence-electron chi connectivity index (χ0n) is 11.9. The SMILES string of the molecule is C/C=C/CCNC(=O)NC(Cc1ccc(O)cc1)C(=O)O. The van der Waals surface area contributed by atoms with Gasteiger partial charge in [-0.25, -0.2) is 9.59 Å². The van der Waals surface area contributed by atoms with Crippen LogP contribution in [0.2, 0.25) is 0 Å². The first kappa shape index (κ1) is 16.6. The molecular weight excluding hydrogens is 272 g/mol. The van der Waals surface area contributed by atoms with Crippen LogP contribution in [0.1, 0.15) is 18.9 Å². The molecule has 0 saturated carbocycles. The van der Waals surface area contributed by atoms with Crippen molar-refractivity contribution in [1.82, 2.24) is 10.6 Å². The molecule has 114 valence electrons. The van der Waals surface area contributed by atoms with Crippen molar-refractivity contribution in [3.63, 3.8) is 0 Å². The van der Waals surface area contributed by atoms with Crippen LogP contribution in [0.4, 0.5) is 4.79 Å². The van der Waals surface area contributed by atoms with Gasteiger partial charge in [-0.2, -0.15) is 0 Å². The minimum Gasteiger partial charge on any atom is -0.508 e. The van der Waals surface area contributed by atoms with E-state index in [9.17, 15) is 14.7 Å². The van der Waals surface area contributed by atoms with E-state index < -0.39 is 18.0 Å². The molecule has 0 fully saturated rings. The third kappa shape index (κ3) is 6.47. The topological polar surface area (TPSA) is 98.7 Å². The summed E-state index contributed by atoms with van der Waals surface area (Å²) in [4.78, 5) is 22.8. The van der Waals surface area contributed by atoms with Crippen LogP contribution in [0, 0.1) is 0 Å².